The molecule has 1 N–H and O–H groups in total. The van der Waals surface area contributed by atoms with Crippen LogP contribution < -0.4 is 5.56 Å². The molecule has 0 aliphatic rings. The molecule has 0 spiro atoms. The zero-order chi connectivity index (χ0) is 13.0. The molecule has 2 aromatic rings. The van der Waals surface area contributed by atoms with Crippen LogP contribution in [0.1, 0.15) is 5.56 Å². The maximum absolute atomic E-state index is 11.0. The molecule has 92 valence electrons. The molecule has 2 rings (SSSR count). The molecule has 1 aromatic carbocycles. The summed E-state index contributed by atoms with van der Waals surface area (Å²) in [5, 5.41) is 11.0. The highest BCUT2D eigenvalue weighted by atomic mass is 32.2. The van der Waals surface area contributed by atoms with Crippen molar-refractivity contribution in [1.82, 2.24) is 9.97 Å². The molecule has 0 atom stereocenters. The molecule has 0 bridgehead atoms. The van der Waals surface area contributed by atoms with Crippen molar-refractivity contribution in [2.75, 3.05) is 0 Å². The van der Waals surface area contributed by atoms with E-state index in [1.807, 2.05) is 0 Å². The lowest BCUT2D eigenvalue weighted by Crippen LogP contribution is -2.05. The van der Waals surface area contributed by atoms with Crippen molar-refractivity contribution in [3.8, 4) is 0 Å². The molecule has 6 nitrogen and oxygen atoms in total. The van der Waals surface area contributed by atoms with Crippen LogP contribution in [0.3, 0.4) is 0 Å². The highest BCUT2D eigenvalue weighted by Gasteiger charge is 2.04. The van der Waals surface area contributed by atoms with Crippen LogP contribution in [0.5, 0.6) is 0 Å². The van der Waals surface area contributed by atoms with Crippen molar-refractivity contribution in [2.45, 2.75) is 10.9 Å². The Labute approximate surface area is 106 Å². The van der Waals surface area contributed by atoms with Crippen LogP contribution in [0.25, 0.3) is 0 Å². The number of hydrogen-bond donors (Lipinski definition) is 1. The first-order chi connectivity index (χ1) is 8.65. The molecule has 0 radical (unpaired) electrons. The Kier molecular flexibility index (Phi) is 3.73. The number of nitro benzene ring substituents is 1. The van der Waals surface area contributed by atoms with E-state index in [9.17, 15) is 14.9 Å². The lowest BCUT2D eigenvalue weighted by atomic mass is 10.2. The van der Waals surface area contributed by atoms with Crippen LogP contribution in [0, 0.1) is 10.1 Å². The van der Waals surface area contributed by atoms with E-state index in [-0.39, 0.29) is 11.2 Å². The number of hydrogen-bond acceptors (Lipinski definition) is 5. The monoisotopic (exact) mass is 263 g/mol. The number of nitro groups is 1. The van der Waals surface area contributed by atoms with Crippen molar-refractivity contribution >= 4 is 17.4 Å². The zero-order valence-corrected chi connectivity index (χ0v) is 10.0. The summed E-state index contributed by atoms with van der Waals surface area (Å²) in [6.07, 6.45) is 1.44. The van der Waals surface area contributed by atoms with Gasteiger partial charge in [0.1, 0.15) is 0 Å². The quantitative estimate of drug-likeness (QED) is 0.394. The highest BCUT2D eigenvalue weighted by molar-refractivity contribution is 7.98. The van der Waals surface area contributed by atoms with Gasteiger partial charge in [0.15, 0.2) is 5.16 Å². The van der Waals surface area contributed by atoms with Gasteiger partial charge >= 0.3 is 0 Å². The molecule has 0 aliphatic heterocycles. The molecule has 0 fully saturated rings. The molecule has 18 heavy (non-hydrogen) atoms. The van der Waals surface area contributed by atoms with Crippen molar-refractivity contribution in [3.05, 3.63) is 62.6 Å². The molecule has 0 amide bonds. The number of thioether (sulfide) groups is 1. The summed E-state index contributed by atoms with van der Waals surface area (Å²) in [6, 6.07) is 7.63. The third-order valence-electron chi connectivity index (χ3n) is 2.17. The summed E-state index contributed by atoms with van der Waals surface area (Å²) in [5.41, 5.74) is 0.795. The van der Waals surface area contributed by atoms with Gasteiger partial charge in [-0.25, -0.2) is 4.98 Å². The number of non-ortho nitro benzene ring substituents is 1. The summed E-state index contributed by atoms with van der Waals surface area (Å²) in [7, 11) is 0. The van der Waals surface area contributed by atoms with E-state index in [0.717, 1.165) is 5.56 Å². The molecule has 7 heteroatoms. The summed E-state index contributed by atoms with van der Waals surface area (Å²) in [4.78, 5) is 27.7. The van der Waals surface area contributed by atoms with Crippen molar-refractivity contribution in [2.24, 2.45) is 0 Å². The molecule has 0 saturated carbocycles. The summed E-state index contributed by atoms with van der Waals surface area (Å²) >= 11 is 1.37. The Morgan fingerprint density at radius 2 is 2.00 bits per heavy atom. The van der Waals surface area contributed by atoms with Crippen LogP contribution in [-0.4, -0.2) is 14.9 Å². The average molecular weight is 263 g/mol. The summed E-state index contributed by atoms with van der Waals surface area (Å²) in [5.74, 6) is 0.588. The number of aromatic nitrogens is 2. The first-order valence-corrected chi connectivity index (χ1v) is 6.05. The first-order valence-electron chi connectivity index (χ1n) is 5.06. The number of nitrogens with one attached hydrogen (secondary N) is 1. The van der Waals surface area contributed by atoms with E-state index < -0.39 is 4.92 Å². The second-order valence-corrected chi connectivity index (χ2v) is 4.42. The van der Waals surface area contributed by atoms with E-state index in [2.05, 4.69) is 9.97 Å². The second-order valence-electron chi connectivity index (χ2n) is 3.45. The smallest absolute Gasteiger partial charge is 0.269 e. The first kappa shape index (κ1) is 12.3. The van der Waals surface area contributed by atoms with Crippen LogP contribution >= 0.6 is 11.8 Å². The predicted octanol–water partition coefficient (Wildman–Crippen LogP) is 1.97. The minimum atomic E-state index is -0.437. The van der Waals surface area contributed by atoms with E-state index in [1.165, 1.54) is 36.2 Å². The fraction of sp³-hybridized carbons (Fsp3) is 0.0909. The molecule has 1 heterocycles. The molecular formula is C11H9N3O3S. The van der Waals surface area contributed by atoms with Gasteiger partial charge in [-0.2, -0.15) is 0 Å². The topological polar surface area (TPSA) is 88.9 Å². The Balaban J connectivity index is 2.02. The fourth-order valence-corrected chi connectivity index (χ4v) is 2.09. The molecule has 0 unspecified atom stereocenters. The number of rotatable bonds is 4. The van der Waals surface area contributed by atoms with Crippen molar-refractivity contribution in [3.63, 3.8) is 0 Å². The van der Waals surface area contributed by atoms with Crippen LogP contribution in [-0.2, 0) is 5.75 Å². The normalized spacial score (nSPS) is 10.2. The average Bonchev–Trinajstić information content (AvgIpc) is 2.37. The molecular weight excluding hydrogens is 254 g/mol. The van der Waals surface area contributed by atoms with Crippen LogP contribution in [0.2, 0.25) is 0 Å². The maximum Gasteiger partial charge on any atom is 0.269 e. The fourth-order valence-electron chi connectivity index (χ4n) is 1.29. The number of aromatic amines is 1. The van der Waals surface area contributed by atoms with Crippen LogP contribution in [0.4, 0.5) is 5.69 Å². The van der Waals surface area contributed by atoms with Crippen molar-refractivity contribution in [1.29, 1.82) is 0 Å². The summed E-state index contributed by atoms with van der Waals surface area (Å²) < 4.78 is 0. The Morgan fingerprint density at radius 1 is 1.28 bits per heavy atom. The standard InChI is InChI=1S/C11H9N3O3S/c15-10-5-6-12-11(13-10)18-7-8-1-3-9(4-2-8)14(16)17/h1-6H,7H2,(H,12,13,15). The molecule has 0 saturated heterocycles. The van der Waals surface area contributed by atoms with Gasteiger partial charge in [0.25, 0.3) is 11.2 Å². The van der Waals surface area contributed by atoms with Gasteiger partial charge in [-0.05, 0) is 5.56 Å². The summed E-state index contributed by atoms with van der Waals surface area (Å²) in [6.45, 7) is 0. The maximum atomic E-state index is 11.0. The Hall–Kier alpha value is -2.15. The van der Waals surface area contributed by atoms with Gasteiger partial charge < -0.3 is 4.98 Å². The van der Waals surface area contributed by atoms with E-state index in [0.29, 0.717) is 10.9 Å². The van der Waals surface area contributed by atoms with Gasteiger partial charge in [-0.3, -0.25) is 14.9 Å². The lowest BCUT2D eigenvalue weighted by molar-refractivity contribution is -0.384. The Bertz CT molecular complexity index is 609. The van der Waals surface area contributed by atoms with E-state index >= 15 is 0 Å². The van der Waals surface area contributed by atoms with Gasteiger partial charge in [-0.1, -0.05) is 23.9 Å². The number of benzene rings is 1. The Morgan fingerprint density at radius 3 is 2.61 bits per heavy atom. The van der Waals surface area contributed by atoms with Gasteiger partial charge in [0, 0.05) is 30.1 Å². The van der Waals surface area contributed by atoms with Gasteiger partial charge in [-0.15, -0.1) is 0 Å². The molecule has 1 aromatic heterocycles. The number of H-pyrrole nitrogens is 1. The van der Waals surface area contributed by atoms with Gasteiger partial charge in [0.2, 0.25) is 0 Å². The van der Waals surface area contributed by atoms with E-state index in [1.54, 1.807) is 12.1 Å². The van der Waals surface area contributed by atoms with Crippen molar-refractivity contribution < 1.29 is 4.92 Å². The van der Waals surface area contributed by atoms with Crippen LogP contribution in [0.15, 0.2) is 46.5 Å². The van der Waals surface area contributed by atoms with Gasteiger partial charge in [0.05, 0.1) is 4.92 Å². The lowest BCUT2D eigenvalue weighted by Gasteiger charge is -2.00. The number of nitrogens with zero attached hydrogens (tertiary/aromatic N) is 2. The highest BCUT2D eigenvalue weighted by Crippen LogP contribution is 2.19. The van der Waals surface area contributed by atoms with E-state index in [4.69, 9.17) is 0 Å². The third-order valence-corrected chi connectivity index (χ3v) is 3.13. The third kappa shape index (κ3) is 3.17. The minimum Gasteiger partial charge on any atom is -0.301 e. The minimum absolute atomic E-state index is 0.0648. The molecule has 0 aliphatic carbocycles. The predicted molar refractivity (Wildman–Crippen MR) is 67.5 cm³/mol. The zero-order valence-electron chi connectivity index (χ0n) is 9.20. The SMILES string of the molecule is O=c1ccnc(SCc2ccc([N+](=O)[O-])cc2)[nH]1. The second kappa shape index (κ2) is 5.46. The largest absolute Gasteiger partial charge is 0.301 e.